The molecule has 1 saturated carbocycles. The third-order valence-corrected chi connectivity index (χ3v) is 4.77. The van der Waals surface area contributed by atoms with Crippen LogP contribution in [-0.2, 0) is 6.54 Å². The lowest BCUT2D eigenvalue weighted by atomic mass is 10.3. The van der Waals surface area contributed by atoms with E-state index in [-0.39, 0.29) is 0 Å². The number of aryl methyl sites for hydroxylation is 1. The number of nitrogens with zero attached hydrogens (tertiary/aromatic N) is 2. The van der Waals surface area contributed by atoms with Gasteiger partial charge in [-0.05, 0) is 43.2 Å². The lowest BCUT2D eigenvalue weighted by molar-refractivity contribution is 0.685. The standard InChI is InChI=1S/C13H15N3S2/c1-9-8-17-13(16-9)18-12-5-2-10(7-15-12)6-14-11-3-4-11/h2,5,7-8,11,14H,3-4,6H2,1H3. The molecule has 0 radical (unpaired) electrons. The first-order valence-electron chi connectivity index (χ1n) is 6.08. The maximum absolute atomic E-state index is 4.47. The second-order valence-corrected chi connectivity index (χ2v) is 6.64. The zero-order valence-electron chi connectivity index (χ0n) is 10.2. The molecule has 94 valence electrons. The summed E-state index contributed by atoms with van der Waals surface area (Å²) in [5.74, 6) is 0. The molecule has 0 unspecified atom stereocenters. The summed E-state index contributed by atoms with van der Waals surface area (Å²) in [6.45, 7) is 2.94. The molecule has 3 rings (SSSR count). The summed E-state index contributed by atoms with van der Waals surface area (Å²) in [4.78, 5) is 8.90. The van der Waals surface area contributed by atoms with Crippen LogP contribution in [0.2, 0.25) is 0 Å². The number of thiazole rings is 1. The molecule has 3 nitrogen and oxygen atoms in total. The number of pyridine rings is 1. The molecule has 1 aliphatic carbocycles. The fraction of sp³-hybridized carbons (Fsp3) is 0.385. The third kappa shape index (κ3) is 3.31. The predicted octanol–water partition coefficient (Wildman–Crippen LogP) is 3.25. The van der Waals surface area contributed by atoms with E-state index < -0.39 is 0 Å². The number of hydrogen-bond donors (Lipinski definition) is 1. The van der Waals surface area contributed by atoms with Crippen LogP contribution in [0, 0.1) is 6.92 Å². The van der Waals surface area contributed by atoms with Crippen LogP contribution >= 0.6 is 23.1 Å². The highest BCUT2D eigenvalue weighted by atomic mass is 32.2. The minimum absolute atomic E-state index is 0.748. The molecule has 2 aromatic heterocycles. The monoisotopic (exact) mass is 277 g/mol. The molecule has 0 bridgehead atoms. The van der Waals surface area contributed by atoms with Crippen molar-refractivity contribution in [3.8, 4) is 0 Å². The summed E-state index contributed by atoms with van der Waals surface area (Å²) in [5, 5.41) is 6.57. The summed E-state index contributed by atoms with van der Waals surface area (Å²) in [7, 11) is 0. The minimum Gasteiger partial charge on any atom is -0.310 e. The summed E-state index contributed by atoms with van der Waals surface area (Å²) in [5.41, 5.74) is 2.33. The van der Waals surface area contributed by atoms with Gasteiger partial charge in [0, 0.05) is 29.9 Å². The predicted molar refractivity (Wildman–Crippen MR) is 75.1 cm³/mol. The van der Waals surface area contributed by atoms with Crippen molar-refractivity contribution in [1.82, 2.24) is 15.3 Å². The van der Waals surface area contributed by atoms with Gasteiger partial charge in [-0.3, -0.25) is 0 Å². The van der Waals surface area contributed by atoms with Crippen molar-refractivity contribution in [1.29, 1.82) is 0 Å². The second-order valence-electron chi connectivity index (χ2n) is 4.52. The van der Waals surface area contributed by atoms with Gasteiger partial charge in [0.25, 0.3) is 0 Å². The Morgan fingerprint density at radius 2 is 2.33 bits per heavy atom. The number of aromatic nitrogens is 2. The van der Waals surface area contributed by atoms with Crippen LogP contribution in [0.25, 0.3) is 0 Å². The molecule has 2 heterocycles. The fourth-order valence-electron chi connectivity index (χ4n) is 1.59. The van der Waals surface area contributed by atoms with E-state index in [0.717, 1.165) is 27.6 Å². The highest BCUT2D eigenvalue weighted by molar-refractivity contribution is 8.01. The van der Waals surface area contributed by atoms with Gasteiger partial charge < -0.3 is 5.32 Å². The Hall–Kier alpha value is -0.910. The van der Waals surface area contributed by atoms with Gasteiger partial charge in [-0.15, -0.1) is 11.3 Å². The second kappa shape index (κ2) is 5.38. The van der Waals surface area contributed by atoms with Crippen molar-refractivity contribution in [2.45, 2.75) is 41.7 Å². The van der Waals surface area contributed by atoms with Crippen LogP contribution in [0.1, 0.15) is 24.1 Å². The average Bonchev–Trinajstić information content (AvgIpc) is 3.12. The maximum Gasteiger partial charge on any atom is 0.156 e. The highest BCUT2D eigenvalue weighted by Gasteiger charge is 2.19. The summed E-state index contributed by atoms with van der Waals surface area (Å²) in [6.07, 6.45) is 4.60. The molecule has 1 N–H and O–H groups in total. The zero-order chi connectivity index (χ0) is 12.4. The summed E-state index contributed by atoms with van der Waals surface area (Å²) >= 11 is 3.30. The maximum atomic E-state index is 4.47. The van der Waals surface area contributed by atoms with Gasteiger partial charge in [-0.25, -0.2) is 9.97 Å². The quantitative estimate of drug-likeness (QED) is 0.910. The van der Waals surface area contributed by atoms with Crippen molar-refractivity contribution >= 4 is 23.1 Å². The van der Waals surface area contributed by atoms with E-state index in [9.17, 15) is 0 Å². The van der Waals surface area contributed by atoms with Crippen LogP contribution in [-0.4, -0.2) is 16.0 Å². The minimum atomic E-state index is 0.748. The van der Waals surface area contributed by atoms with Gasteiger partial charge in [-0.2, -0.15) is 0 Å². The first-order valence-corrected chi connectivity index (χ1v) is 7.77. The molecule has 0 atom stereocenters. The van der Waals surface area contributed by atoms with Crippen molar-refractivity contribution in [2.24, 2.45) is 0 Å². The van der Waals surface area contributed by atoms with Gasteiger partial charge in [0.1, 0.15) is 5.03 Å². The van der Waals surface area contributed by atoms with E-state index in [2.05, 4.69) is 32.8 Å². The Morgan fingerprint density at radius 1 is 1.44 bits per heavy atom. The van der Waals surface area contributed by atoms with E-state index in [1.54, 1.807) is 23.1 Å². The molecule has 1 aliphatic rings. The molecule has 0 saturated heterocycles. The van der Waals surface area contributed by atoms with Crippen molar-refractivity contribution in [3.05, 3.63) is 35.0 Å². The Labute approximate surface area is 115 Å². The van der Waals surface area contributed by atoms with Crippen molar-refractivity contribution < 1.29 is 0 Å². The molecule has 0 spiro atoms. The molecule has 1 fully saturated rings. The topological polar surface area (TPSA) is 37.8 Å². The van der Waals surface area contributed by atoms with E-state index in [1.807, 2.05) is 13.1 Å². The van der Waals surface area contributed by atoms with Crippen LogP contribution in [0.5, 0.6) is 0 Å². The Morgan fingerprint density at radius 3 is 2.94 bits per heavy atom. The van der Waals surface area contributed by atoms with E-state index in [4.69, 9.17) is 0 Å². The molecule has 0 aliphatic heterocycles. The van der Waals surface area contributed by atoms with Crippen molar-refractivity contribution in [2.75, 3.05) is 0 Å². The van der Waals surface area contributed by atoms with Crippen LogP contribution in [0.4, 0.5) is 0 Å². The van der Waals surface area contributed by atoms with Crippen LogP contribution in [0.15, 0.2) is 33.1 Å². The SMILES string of the molecule is Cc1csc(Sc2ccc(CNC3CC3)cn2)n1. The van der Waals surface area contributed by atoms with E-state index in [1.165, 1.54) is 18.4 Å². The Kier molecular flexibility index (Phi) is 3.63. The average molecular weight is 277 g/mol. The molecular weight excluding hydrogens is 262 g/mol. The van der Waals surface area contributed by atoms with E-state index in [0.29, 0.717) is 0 Å². The van der Waals surface area contributed by atoms with Crippen LogP contribution < -0.4 is 5.32 Å². The largest absolute Gasteiger partial charge is 0.310 e. The molecule has 0 amide bonds. The summed E-state index contributed by atoms with van der Waals surface area (Å²) in [6, 6.07) is 4.97. The number of rotatable bonds is 5. The smallest absolute Gasteiger partial charge is 0.156 e. The first-order chi connectivity index (χ1) is 8.79. The Bertz CT molecular complexity index is 517. The molecule has 0 aromatic carbocycles. The van der Waals surface area contributed by atoms with Crippen LogP contribution in [0.3, 0.4) is 0 Å². The normalized spacial score (nSPS) is 14.9. The Balaban J connectivity index is 1.59. The number of hydrogen-bond acceptors (Lipinski definition) is 5. The van der Waals surface area contributed by atoms with Gasteiger partial charge >= 0.3 is 0 Å². The van der Waals surface area contributed by atoms with Crippen molar-refractivity contribution in [3.63, 3.8) is 0 Å². The highest BCUT2D eigenvalue weighted by Crippen LogP contribution is 2.28. The first kappa shape index (κ1) is 12.1. The van der Waals surface area contributed by atoms with Gasteiger partial charge in [0.15, 0.2) is 4.34 Å². The molecule has 2 aromatic rings. The molecule has 5 heteroatoms. The lowest BCUT2D eigenvalue weighted by Crippen LogP contribution is -2.15. The van der Waals surface area contributed by atoms with Gasteiger partial charge in [0.2, 0.25) is 0 Å². The fourth-order valence-corrected chi connectivity index (χ4v) is 3.32. The number of nitrogens with one attached hydrogen (secondary N) is 1. The van der Waals surface area contributed by atoms with Gasteiger partial charge in [-0.1, -0.05) is 6.07 Å². The summed E-state index contributed by atoms with van der Waals surface area (Å²) < 4.78 is 1.06. The van der Waals surface area contributed by atoms with E-state index >= 15 is 0 Å². The zero-order valence-corrected chi connectivity index (χ0v) is 11.9. The molecule has 18 heavy (non-hydrogen) atoms. The van der Waals surface area contributed by atoms with Gasteiger partial charge in [0.05, 0.1) is 0 Å². The third-order valence-electron chi connectivity index (χ3n) is 2.76. The lowest BCUT2D eigenvalue weighted by Gasteiger charge is -2.03. The molecular formula is C13H15N3S2.